The Labute approximate surface area is 147 Å². The molecule has 1 aromatic carbocycles. The van der Waals surface area contributed by atoms with E-state index in [1.165, 1.54) is 11.5 Å². The van der Waals surface area contributed by atoms with E-state index in [2.05, 4.69) is 32.8 Å². The third-order valence-corrected chi connectivity index (χ3v) is 6.42. The zero-order valence-corrected chi connectivity index (χ0v) is 15.5. The van der Waals surface area contributed by atoms with Gasteiger partial charge < -0.3 is 4.90 Å². The van der Waals surface area contributed by atoms with E-state index in [1.54, 1.807) is 24.3 Å². The molecule has 1 aromatic heterocycles. The molecule has 1 aliphatic rings. The van der Waals surface area contributed by atoms with E-state index >= 15 is 0 Å². The fourth-order valence-electron chi connectivity index (χ4n) is 2.67. The molecule has 6 nitrogen and oxygen atoms in total. The molecule has 3 rings (SSSR count). The van der Waals surface area contributed by atoms with Crippen molar-refractivity contribution in [3.63, 3.8) is 0 Å². The number of rotatable bonds is 5. The fraction of sp³-hybridized carbons (Fsp3) is 0.500. The van der Waals surface area contributed by atoms with Crippen LogP contribution in [0.15, 0.2) is 35.2 Å². The van der Waals surface area contributed by atoms with E-state index in [4.69, 9.17) is 0 Å². The summed E-state index contributed by atoms with van der Waals surface area (Å²) in [6, 6.07) is 8.48. The Balaban J connectivity index is 1.59. The Hall–Kier alpha value is -1.51. The second kappa shape index (κ2) is 7.16. The molecule has 0 spiro atoms. The Morgan fingerprint density at radius 3 is 2.46 bits per heavy atom. The lowest BCUT2D eigenvalue weighted by atomic mass is 10.1. The van der Waals surface area contributed by atoms with Gasteiger partial charge in [0.15, 0.2) is 0 Å². The van der Waals surface area contributed by atoms with Crippen LogP contribution in [0.4, 0.5) is 5.13 Å². The van der Waals surface area contributed by atoms with Crippen LogP contribution in [0.3, 0.4) is 0 Å². The van der Waals surface area contributed by atoms with Gasteiger partial charge in [-0.3, -0.25) is 0 Å². The summed E-state index contributed by atoms with van der Waals surface area (Å²) in [5, 5.41) is 0.933. The van der Waals surface area contributed by atoms with Gasteiger partial charge in [0.2, 0.25) is 15.2 Å². The largest absolute Gasteiger partial charge is 0.347 e. The number of nitrogens with one attached hydrogen (secondary N) is 1. The van der Waals surface area contributed by atoms with Crippen molar-refractivity contribution in [3.8, 4) is 0 Å². The zero-order valence-electron chi connectivity index (χ0n) is 13.8. The molecule has 130 valence electrons. The van der Waals surface area contributed by atoms with Gasteiger partial charge >= 0.3 is 0 Å². The number of piperidine rings is 1. The minimum absolute atomic E-state index is 0.0380. The normalized spacial score (nSPS) is 16.7. The number of hydrogen-bond donors (Lipinski definition) is 1. The van der Waals surface area contributed by atoms with Crippen LogP contribution in [-0.2, 0) is 10.0 Å². The van der Waals surface area contributed by atoms with Crippen molar-refractivity contribution < 1.29 is 8.42 Å². The van der Waals surface area contributed by atoms with Crippen molar-refractivity contribution in [1.82, 2.24) is 14.1 Å². The molecule has 2 aromatic rings. The summed E-state index contributed by atoms with van der Waals surface area (Å²) in [5.41, 5.74) is 0. The molecular weight excluding hydrogens is 344 g/mol. The first-order valence-corrected chi connectivity index (χ1v) is 10.4. The highest BCUT2D eigenvalue weighted by atomic mass is 32.2. The van der Waals surface area contributed by atoms with E-state index in [9.17, 15) is 8.42 Å². The summed E-state index contributed by atoms with van der Waals surface area (Å²) in [6.45, 7) is 5.73. The van der Waals surface area contributed by atoms with Crippen molar-refractivity contribution in [2.24, 2.45) is 0 Å². The summed E-state index contributed by atoms with van der Waals surface area (Å²) in [4.78, 5) is 7.08. The van der Waals surface area contributed by atoms with Crippen LogP contribution in [0.5, 0.6) is 0 Å². The van der Waals surface area contributed by atoms with Crippen LogP contribution < -0.4 is 9.62 Å². The minimum atomic E-state index is -3.44. The molecule has 24 heavy (non-hydrogen) atoms. The Kier molecular flexibility index (Phi) is 5.17. The number of nitrogens with zero attached hydrogens (tertiary/aromatic N) is 3. The van der Waals surface area contributed by atoms with Gasteiger partial charge in [0.25, 0.3) is 0 Å². The summed E-state index contributed by atoms with van der Waals surface area (Å²) in [6.07, 6.45) is 1.53. The van der Waals surface area contributed by atoms with Gasteiger partial charge in [0, 0.05) is 36.6 Å². The fourth-order valence-corrected chi connectivity index (χ4v) is 4.85. The summed E-state index contributed by atoms with van der Waals surface area (Å²) < 4.78 is 32.0. The molecule has 0 saturated carbocycles. The molecule has 1 saturated heterocycles. The quantitative estimate of drug-likeness (QED) is 0.880. The molecule has 0 amide bonds. The monoisotopic (exact) mass is 366 g/mol. The van der Waals surface area contributed by atoms with Crippen LogP contribution in [0, 0.1) is 0 Å². The van der Waals surface area contributed by atoms with Gasteiger partial charge in [0.05, 0.1) is 4.90 Å². The second-order valence-corrected chi connectivity index (χ2v) is 8.73. The van der Waals surface area contributed by atoms with Gasteiger partial charge in [-0.05, 0) is 25.0 Å². The maximum absolute atomic E-state index is 12.4. The van der Waals surface area contributed by atoms with E-state index in [1.807, 2.05) is 6.07 Å². The van der Waals surface area contributed by atoms with Crippen molar-refractivity contribution in [1.29, 1.82) is 0 Å². The lowest BCUT2D eigenvalue weighted by Gasteiger charge is -2.31. The molecule has 0 atom stereocenters. The molecule has 1 fully saturated rings. The van der Waals surface area contributed by atoms with E-state index < -0.39 is 10.0 Å². The van der Waals surface area contributed by atoms with E-state index in [0.717, 1.165) is 36.9 Å². The lowest BCUT2D eigenvalue weighted by molar-refractivity contribution is 0.459. The highest BCUT2D eigenvalue weighted by molar-refractivity contribution is 7.89. The average Bonchev–Trinajstić information content (AvgIpc) is 3.06. The molecule has 1 N–H and O–H groups in total. The lowest BCUT2D eigenvalue weighted by Crippen LogP contribution is -2.44. The summed E-state index contributed by atoms with van der Waals surface area (Å²) in [5.74, 6) is 1.20. The van der Waals surface area contributed by atoms with Gasteiger partial charge in [-0.2, -0.15) is 4.37 Å². The van der Waals surface area contributed by atoms with Crippen molar-refractivity contribution in [3.05, 3.63) is 36.2 Å². The molecule has 0 unspecified atom stereocenters. The highest BCUT2D eigenvalue weighted by Crippen LogP contribution is 2.25. The summed E-state index contributed by atoms with van der Waals surface area (Å²) >= 11 is 1.42. The number of hydrogen-bond acceptors (Lipinski definition) is 6. The third-order valence-electron chi connectivity index (χ3n) is 4.09. The van der Waals surface area contributed by atoms with Gasteiger partial charge in [0.1, 0.15) is 5.82 Å². The molecule has 2 heterocycles. The Morgan fingerprint density at radius 1 is 1.21 bits per heavy atom. The van der Waals surface area contributed by atoms with Gasteiger partial charge in [-0.1, -0.05) is 32.0 Å². The number of aromatic nitrogens is 2. The Morgan fingerprint density at radius 2 is 1.88 bits per heavy atom. The van der Waals surface area contributed by atoms with Crippen molar-refractivity contribution in [2.75, 3.05) is 18.0 Å². The summed E-state index contributed by atoms with van der Waals surface area (Å²) in [7, 11) is -3.44. The SMILES string of the molecule is CC(C)c1nsc(N2CCC(NS(=O)(=O)c3ccccc3)CC2)n1. The number of sulfonamides is 1. The molecule has 0 bridgehead atoms. The van der Waals surface area contributed by atoms with Crippen molar-refractivity contribution in [2.45, 2.75) is 43.5 Å². The van der Waals surface area contributed by atoms with Crippen LogP contribution in [-0.4, -0.2) is 36.9 Å². The predicted octanol–water partition coefficient (Wildman–Crippen LogP) is 2.61. The predicted molar refractivity (Wildman–Crippen MR) is 96.0 cm³/mol. The highest BCUT2D eigenvalue weighted by Gasteiger charge is 2.26. The molecule has 0 aliphatic carbocycles. The molecule has 1 aliphatic heterocycles. The third kappa shape index (κ3) is 3.93. The van der Waals surface area contributed by atoms with Gasteiger partial charge in [-0.25, -0.2) is 18.1 Å². The second-order valence-electron chi connectivity index (χ2n) is 6.29. The molecular formula is C16H22N4O2S2. The first kappa shape index (κ1) is 17.3. The van der Waals surface area contributed by atoms with Crippen LogP contribution in [0.25, 0.3) is 0 Å². The van der Waals surface area contributed by atoms with Crippen molar-refractivity contribution >= 4 is 26.7 Å². The van der Waals surface area contributed by atoms with Crippen LogP contribution in [0.2, 0.25) is 0 Å². The van der Waals surface area contributed by atoms with E-state index in [0.29, 0.717) is 10.8 Å². The average molecular weight is 367 g/mol. The number of anilines is 1. The molecule has 0 radical (unpaired) electrons. The van der Waals surface area contributed by atoms with Crippen LogP contribution in [0.1, 0.15) is 38.4 Å². The first-order chi connectivity index (χ1) is 11.5. The smallest absolute Gasteiger partial charge is 0.240 e. The minimum Gasteiger partial charge on any atom is -0.347 e. The van der Waals surface area contributed by atoms with Gasteiger partial charge in [-0.15, -0.1) is 0 Å². The maximum Gasteiger partial charge on any atom is 0.240 e. The standard InChI is InChI=1S/C16H22N4O2S2/c1-12(2)15-17-16(23-18-15)20-10-8-13(9-11-20)19-24(21,22)14-6-4-3-5-7-14/h3-7,12-13,19H,8-11H2,1-2H3. The zero-order chi connectivity index (χ0) is 17.2. The molecule has 8 heteroatoms. The Bertz CT molecular complexity index is 766. The van der Waals surface area contributed by atoms with Crippen LogP contribution >= 0.6 is 11.5 Å². The topological polar surface area (TPSA) is 75.2 Å². The number of benzene rings is 1. The first-order valence-electron chi connectivity index (χ1n) is 8.11. The van der Waals surface area contributed by atoms with E-state index in [-0.39, 0.29) is 6.04 Å². The maximum atomic E-state index is 12.4.